The van der Waals surface area contributed by atoms with E-state index in [1.165, 1.54) is 11.8 Å². The van der Waals surface area contributed by atoms with Gasteiger partial charge in [0.25, 0.3) is 11.5 Å². The van der Waals surface area contributed by atoms with Crippen molar-refractivity contribution in [2.75, 3.05) is 39.9 Å². The number of ether oxygens (including phenoxy) is 4. The Morgan fingerprint density at radius 3 is 2.37 bits per heavy atom. The van der Waals surface area contributed by atoms with E-state index in [0.717, 1.165) is 17.5 Å². The fourth-order valence-corrected chi connectivity index (χ4v) is 5.75. The summed E-state index contributed by atoms with van der Waals surface area (Å²) in [7, 11) is 3.17. The molecule has 12 heteroatoms. The molecule has 2 amide bonds. The number of aromatic nitrogens is 2. The molecule has 0 fully saturated rings. The van der Waals surface area contributed by atoms with Crippen LogP contribution in [0.4, 0.5) is 0 Å². The van der Waals surface area contributed by atoms with E-state index in [4.69, 9.17) is 23.9 Å². The van der Waals surface area contributed by atoms with Crippen molar-refractivity contribution >= 4 is 34.5 Å². The van der Waals surface area contributed by atoms with Crippen LogP contribution >= 0.6 is 11.8 Å². The number of fused-ring (bicyclic) bond motifs is 2. The number of methoxy groups -OCH3 is 2. The molecule has 0 spiro atoms. The Kier molecular flexibility index (Phi) is 10.7. The Balaban J connectivity index is 1.29. The van der Waals surface area contributed by atoms with Gasteiger partial charge in [0.1, 0.15) is 0 Å². The van der Waals surface area contributed by atoms with E-state index in [1.54, 1.807) is 43.1 Å². The quantitative estimate of drug-likeness (QED) is 0.151. The second-order valence-corrected chi connectivity index (χ2v) is 12.2. The second-order valence-electron chi connectivity index (χ2n) is 11.2. The zero-order valence-electron chi connectivity index (χ0n) is 26.4. The molecular weight excluding hydrogens is 608 g/mol. The highest BCUT2D eigenvalue weighted by molar-refractivity contribution is 7.99. The van der Waals surface area contributed by atoms with E-state index in [-0.39, 0.29) is 36.5 Å². The monoisotopic (exact) mass is 646 g/mol. The third-order valence-electron chi connectivity index (χ3n) is 7.49. The summed E-state index contributed by atoms with van der Waals surface area (Å²) in [4.78, 5) is 43.9. The fourth-order valence-electron chi connectivity index (χ4n) is 4.92. The van der Waals surface area contributed by atoms with Gasteiger partial charge in [-0.25, -0.2) is 4.98 Å². The number of amides is 2. The van der Waals surface area contributed by atoms with Crippen molar-refractivity contribution in [1.82, 2.24) is 20.2 Å². The maximum absolute atomic E-state index is 13.8. The number of benzene rings is 3. The Labute approximate surface area is 271 Å². The SMILES string of the molecule is COc1ccc(CCNC(=O)c2ccc(Cn3c(SCC(=O)NCCC(C)C)nc4cc5c(cc4c3=O)OCO5)cc2)cc1OC. The van der Waals surface area contributed by atoms with Crippen molar-refractivity contribution < 1.29 is 28.5 Å². The van der Waals surface area contributed by atoms with E-state index < -0.39 is 0 Å². The largest absolute Gasteiger partial charge is 0.493 e. The minimum absolute atomic E-state index is 0.0775. The first kappa shape index (κ1) is 32.7. The molecule has 1 aliphatic rings. The van der Waals surface area contributed by atoms with Crippen LogP contribution in [0.15, 0.2) is 64.5 Å². The Hall–Kier alpha value is -4.71. The van der Waals surface area contributed by atoms with E-state index in [9.17, 15) is 14.4 Å². The smallest absolute Gasteiger partial charge is 0.262 e. The summed E-state index contributed by atoms with van der Waals surface area (Å²) in [6, 6.07) is 16.1. The number of carbonyl (C=O) groups is 2. The molecule has 3 aromatic carbocycles. The lowest BCUT2D eigenvalue weighted by Crippen LogP contribution is -2.28. The molecule has 2 heterocycles. The minimum Gasteiger partial charge on any atom is -0.493 e. The second kappa shape index (κ2) is 15.0. The van der Waals surface area contributed by atoms with Gasteiger partial charge in [-0.3, -0.25) is 19.0 Å². The van der Waals surface area contributed by atoms with Crippen molar-refractivity contribution in [1.29, 1.82) is 0 Å². The van der Waals surface area contributed by atoms with Crippen LogP contribution in [0.25, 0.3) is 10.9 Å². The summed E-state index contributed by atoms with van der Waals surface area (Å²) in [6.07, 6.45) is 1.51. The van der Waals surface area contributed by atoms with Crippen LogP contribution < -0.4 is 35.1 Å². The molecule has 1 aliphatic heterocycles. The summed E-state index contributed by atoms with van der Waals surface area (Å²) in [5, 5.41) is 6.68. The number of carbonyl (C=O) groups excluding carboxylic acids is 2. The predicted molar refractivity (Wildman–Crippen MR) is 176 cm³/mol. The van der Waals surface area contributed by atoms with Crippen LogP contribution in [-0.2, 0) is 17.8 Å². The Morgan fingerprint density at radius 1 is 0.935 bits per heavy atom. The van der Waals surface area contributed by atoms with E-state index in [2.05, 4.69) is 24.5 Å². The first-order valence-corrected chi connectivity index (χ1v) is 16.1. The average molecular weight is 647 g/mol. The molecule has 1 aromatic heterocycles. The molecule has 242 valence electrons. The number of nitrogens with zero attached hydrogens (tertiary/aromatic N) is 2. The van der Waals surface area contributed by atoms with Crippen LogP contribution in [-0.4, -0.2) is 61.2 Å². The molecule has 0 radical (unpaired) electrons. The number of hydrogen-bond donors (Lipinski definition) is 2. The zero-order valence-corrected chi connectivity index (χ0v) is 27.2. The first-order valence-electron chi connectivity index (χ1n) is 15.1. The molecule has 0 atom stereocenters. The van der Waals surface area contributed by atoms with Crippen molar-refractivity contribution in [2.45, 2.75) is 38.4 Å². The normalized spacial score (nSPS) is 11.9. The first-order chi connectivity index (χ1) is 22.2. The van der Waals surface area contributed by atoms with Crippen LogP contribution in [0, 0.1) is 5.92 Å². The van der Waals surface area contributed by atoms with Gasteiger partial charge in [0.05, 0.1) is 37.4 Å². The topological polar surface area (TPSA) is 130 Å². The predicted octanol–water partition coefficient (Wildman–Crippen LogP) is 4.42. The molecule has 46 heavy (non-hydrogen) atoms. The lowest BCUT2D eigenvalue weighted by atomic mass is 10.1. The zero-order chi connectivity index (χ0) is 32.6. The summed E-state index contributed by atoms with van der Waals surface area (Å²) in [5.74, 6) is 2.57. The third-order valence-corrected chi connectivity index (χ3v) is 8.47. The highest BCUT2D eigenvalue weighted by atomic mass is 32.2. The Bertz CT molecular complexity index is 1770. The molecule has 0 saturated carbocycles. The Morgan fingerprint density at radius 2 is 1.65 bits per heavy atom. The molecule has 4 aromatic rings. The highest BCUT2D eigenvalue weighted by Gasteiger charge is 2.20. The van der Waals surface area contributed by atoms with Gasteiger partial charge in [-0.05, 0) is 60.2 Å². The van der Waals surface area contributed by atoms with Crippen molar-refractivity contribution in [2.24, 2.45) is 5.92 Å². The summed E-state index contributed by atoms with van der Waals surface area (Å²) in [5.41, 5.74) is 2.51. The summed E-state index contributed by atoms with van der Waals surface area (Å²) in [6.45, 7) is 5.52. The maximum atomic E-state index is 13.8. The number of rotatable bonds is 14. The lowest BCUT2D eigenvalue weighted by molar-refractivity contribution is -0.118. The van der Waals surface area contributed by atoms with Crippen LogP contribution in [0.5, 0.6) is 23.0 Å². The highest BCUT2D eigenvalue weighted by Crippen LogP contribution is 2.35. The molecule has 0 aliphatic carbocycles. The summed E-state index contributed by atoms with van der Waals surface area (Å²) < 4.78 is 23.2. The van der Waals surface area contributed by atoms with Gasteiger partial charge < -0.3 is 29.6 Å². The molecule has 11 nitrogen and oxygen atoms in total. The molecule has 2 N–H and O–H groups in total. The average Bonchev–Trinajstić information content (AvgIpc) is 3.52. The number of hydrogen-bond acceptors (Lipinski definition) is 9. The molecule has 0 unspecified atom stereocenters. The van der Waals surface area contributed by atoms with E-state index in [0.29, 0.717) is 70.0 Å². The molecule has 0 bridgehead atoms. The van der Waals surface area contributed by atoms with Gasteiger partial charge >= 0.3 is 0 Å². The number of nitrogens with one attached hydrogen (secondary N) is 2. The van der Waals surface area contributed by atoms with Gasteiger partial charge in [-0.15, -0.1) is 0 Å². The third kappa shape index (κ3) is 7.92. The number of thioether (sulfide) groups is 1. The van der Waals surface area contributed by atoms with Crippen LogP contribution in [0.3, 0.4) is 0 Å². The van der Waals surface area contributed by atoms with Crippen LogP contribution in [0.1, 0.15) is 41.8 Å². The van der Waals surface area contributed by atoms with Gasteiger partial charge in [0, 0.05) is 24.7 Å². The van der Waals surface area contributed by atoms with Gasteiger partial charge in [0.2, 0.25) is 12.7 Å². The van der Waals surface area contributed by atoms with Gasteiger partial charge in [0.15, 0.2) is 28.2 Å². The molecule has 0 saturated heterocycles. The van der Waals surface area contributed by atoms with Gasteiger partial charge in [-0.2, -0.15) is 0 Å². The van der Waals surface area contributed by atoms with Crippen LogP contribution in [0.2, 0.25) is 0 Å². The van der Waals surface area contributed by atoms with Crippen molar-refractivity contribution in [3.63, 3.8) is 0 Å². The summed E-state index contributed by atoms with van der Waals surface area (Å²) >= 11 is 1.20. The molecule has 5 rings (SSSR count). The lowest BCUT2D eigenvalue weighted by Gasteiger charge is -2.14. The van der Waals surface area contributed by atoms with E-state index >= 15 is 0 Å². The minimum atomic E-state index is -0.261. The standard InChI is InChI=1S/C34H38N4O7S/c1-21(2)11-13-35-31(39)19-46-34-37-26-17-30-29(44-20-45-30)16-25(26)33(41)38(34)18-23-5-8-24(9-6-23)32(40)36-14-12-22-7-10-27(42-3)28(15-22)43-4/h5-10,15-17,21H,11-14,18-20H2,1-4H3,(H,35,39)(H,36,40). The maximum Gasteiger partial charge on any atom is 0.262 e. The molecular formula is C34H38N4O7S. The van der Waals surface area contributed by atoms with Crippen molar-refractivity contribution in [3.8, 4) is 23.0 Å². The fraction of sp³-hybridized carbons (Fsp3) is 0.353. The van der Waals surface area contributed by atoms with E-state index in [1.807, 2.05) is 30.3 Å². The van der Waals surface area contributed by atoms with Gasteiger partial charge in [-0.1, -0.05) is 43.8 Å². The van der Waals surface area contributed by atoms with Crippen molar-refractivity contribution in [3.05, 3.63) is 81.6 Å².